The summed E-state index contributed by atoms with van der Waals surface area (Å²) in [7, 11) is 0. The number of hydrogen-bond acceptors (Lipinski definition) is 2. The van der Waals surface area contributed by atoms with Crippen molar-refractivity contribution in [3.8, 4) is 11.8 Å². The van der Waals surface area contributed by atoms with Gasteiger partial charge in [0, 0.05) is 12.8 Å². The number of rotatable bonds is 0. The lowest BCUT2D eigenvalue weighted by molar-refractivity contribution is -0.145. The molecule has 0 amide bonds. The third-order valence-corrected chi connectivity index (χ3v) is 0.389. The Kier molecular flexibility index (Phi) is 2.29. The van der Waals surface area contributed by atoms with Crippen LogP contribution in [0.1, 0.15) is 6.92 Å². The summed E-state index contributed by atoms with van der Waals surface area (Å²) in [6, 6.07) is 0. The molecule has 4 heteroatoms. The van der Waals surface area contributed by atoms with Gasteiger partial charge in [-0.1, -0.05) is 0 Å². The van der Waals surface area contributed by atoms with Crippen LogP contribution in [0.5, 0.6) is 0 Å². The molecule has 1 N–H and O–H groups in total. The average molecular weight is 134 g/mol. The monoisotopic (exact) mass is 134 g/mol. The Bertz CT molecular complexity index is 170. The molecule has 0 saturated carbocycles. The first-order valence-corrected chi connectivity index (χ1v) is 2.06. The van der Waals surface area contributed by atoms with E-state index in [-0.39, 0.29) is 0 Å². The van der Waals surface area contributed by atoms with Crippen LogP contribution >= 0.6 is 0 Å². The second-order valence-electron chi connectivity index (χ2n) is 1.35. The van der Waals surface area contributed by atoms with E-state index >= 15 is 0 Å². The second kappa shape index (κ2) is 2.55. The van der Waals surface area contributed by atoms with E-state index in [1.54, 1.807) is 0 Å². The van der Waals surface area contributed by atoms with Crippen LogP contribution in [0.3, 0.4) is 0 Å². The maximum absolute atomic E-state index is 11.3. The first-order valence-electron chi connectivity index (χ1n) is 2.06. The number of aliphatic hydroxyl groups is 1. The van der Waals surface area contributed by atoms with Crippen molar-refractivity contribution in [2.75, 3.05) is 0 Å². The lowest BCUT2D eigenvalue weighted by Crippen LogP contribution is -2.10. The van der Waals surface area contributed by atoms with Gasteiger partial charge in [0.05, 0.1) is 0 Å². The number of ketones is 1. The third-order valence-electron chi connectivity index (χ3n) is 0.389. The second-order valence-corrected chi connectivity index (χ2v) is 1.35. The van der Waals surface area contributed by atoms with Crippen LogP contribution < -0.4 is 0 Å². The number of halogens is 2. The maximum Gasteiger partial charge on any atom is 0.421 e. The molecule has 0 saturated heterocycles. The summed E-state index contributed by atoms with van der Waals surface area (Å²) in [6.07, 6.45) is -4.05. The van der Waals surface area contributed by atoms with Gasteiger partial charge < -0.3 is 5.11 Å². The topological polar surface area (TPSA) is 37.3 Å². The molecule has 0 radical (unpaired) electrons. The van der Waals surface area contributed by atoms with Gasteiger partial charge in [-0.15, -0.1) is 0 Å². The predicted molar refractivity (Wildman–Crippen MR) is 25.6 cm³/mol. The highest BCUT2D eigenvalue weighted by atomic mass is 19.3. The van der Waals surface area contributed by atoms with Gasteiger partial charge in [0.1, 0.15) is 0 Å². The van der Waals surface area contributed by atoms with Gasteiger partial charge >= 0.3 is 6.11 Å². The fourth-order valence-corrected chi connectivity index (χ4v) is 0.163. The van der Waals surface area contributed by atoms with E-state index in [4.69, 9.17) is 5.11 Å². The van der Waals surface area contributed by atoms with Crippen LogP contribution in [-0.2, 0) is 4.79 Å². The van der Waals surface area contributed by atoms with E-state index in [1.807, 2.05) is 0 Å². The lowest BCUT2D eigenvalue weighted by Gasteiger charge is -1.93. The highest BCUT2D eigenvalue weighted by Gasteiger charge is 2.19. The van der Waals surface area contributed by atoms with Crippen LogP contribution in [0.25, 0.3) is 0 Å². The van der Waals surface area contributed by atoms with E-state index < -0.39 is 11.9 Å². The SMILES string of the molecule is CC(=O)C#CC(O)(F)F. The van der Waals surface area contributed by atoms with E-state index in [0.29, 0.717) is 0 Å². The maximum atomic E-state index is 11.3. The van der Waals surface area contributed by atoms with Crippen LogP contribution in [0, 0.1) is 11.8 Å². The summed E-state index contributed by atoms with van der Waals surface area (Å²) < 4.78 is 22.6. The minimum atomic E-state index is -4.05. The van der Waals surface area contributed by atoms with Gasteiger partial charge in [-0.25, -0.2) is 0 Å². The molecule has 0 rings (SSSR count). The lowest BCUT2D eigenvalue weighted by atomic mass is 10.4. The first kappa shape index (κ1) is 8.05. The number of carbonyl (C=O) groups is 1. The standard InChI is InChI=1S/C5H4F2O2/c1-4(8)2-3-5(6,7)9/h9H,1H3. The van der Waals surface area contributed by atoms with Crippen LogP contribution in [0.2, 0.25) is 0 Å². The molecule has 2 nitrogen and oxygen atoms in total. The summed E-state index contributed by atoms with van der Waals surface area (Å²) >= 11 is 0. The summed E-state index contributed by atoms with van der Waals surface area (Å²) in [6.45, 7) is 1.03. The molecule has 0 aromatic carbocycles. The van der Waals surface area contributed by atoms with E-state index in [9.17, 15) is 13.6 Å². The molecular weight excluding hydrogens is 130 g/mol. The van der Waals surface area contributed by atoms with Crippen molar-refractivity contribution < 1.29 is 18.7 Å². The highest BCUT2D eigenvalue weighted by molar-refractivity contribution is 5.93. The minimum Gasteiger partial charge on any atom is -0.326 e. The van der Waals surface area contributed by atoms with Gasteiger partial charge in [-0.3, -0.25) is 4.79 Å². The molecule has 0 spiro atoms. The quantitative estimate of drug-likeness (QED) is 0.378. The van der Waals surface area contributed by atoms with E-state index in [1.165, 1.54) is 5.92 Å². The molecule has 0 unspecified atom stereocenters. The Hall–Kier alpha value is -0.950. The Morgan fingerprint density at radius 3 is 2.22 bits per heavy atom. The van der Waals surface area contributed by atoms with Gasteiger partial charge in [0.15, 0.2) is 0 Å². The Morgan fingerprint density at radius 2 is 2.11 bits per heavy atom. The van der Waals surface area contributed by atoms with Crippen molar-refractivity contribution in [3.05, 3.63) is 0 Å². The number of hydrogen-bond donors (Lipinski definition) is 1. The smallest absolute Gasteiger partial charge is 0.326 e. The third kappa shape index (κ3) is 7.05. The zero-order valence-electron chi connectivity index (χ0n) is 4.61. The summed E-state index contributed by atoms with van der Waals surface area (Å²) in [5.41, 5.74) is 0. The molecule has 0 aromatic heterocycles. The van der Waals surface area contributed by atoms with Crippen LogP contribution in [0.15, 0.2) is 0 Å². The van der Waals surface area contributed by atoms with E-state index in [2.05, 4.69) is 0 Å². The van der Waals surface area contributed by atoms with Gasteiger partial charge in [-0.05, 0) is 5.92 Å². The molecule has 0 aliphatic carbocycles. The molecule has 0 aromatic rings. The molecule has 0 atom stereocenters. The van der Waals surface area contributed by atoms with Crippen molar-refractivity contribution in [1.29, 1.82) is 0 Å². The summed E-state index contributed by atoms with van der Waals surface area (Å²) in [5, 5.41) is 7.61. The molecule has 0 bridgehead atoms. The molecule has 0 aliphatic rings. The normalized spacial score (nSPS) is 9.78. The summed E-state index contributed by atoms with van der Waals surface area (Å²) in [4.78, 5) is 9.87. The van der Waals surface area contributed by atoms with E-state index in [0.717, 1.165) is 12.8 Å². The van der Waals surface area contributed by atoms with Crippen molar-refractivity contribution >= 4 is 5.78 Å². The molecule has 50 valence electrons. The van der Waals surface area contributed by atoms with Gasteiger partial charge in [-0.2, -0.15) is 8.78 Å². The minimum absolute atomic E-state index is 0.705. The zero-order valence-corrected chi connectivity index (χ0v) is 4.61. The molecule has 0 aliphatic heterocycles. The van der Waals surface area contributed by atoms with Gasteiger partial charge in [0.2, 0.25) is 5.78 Å². The van der Waals surface area contributed by atoms with Crippen LogP contribution in [-0.4, -0.2) is 17.0 Å². The largest absolute Gasteiger partial charge is 0.421 e. The average Bonchev–Trinajstić information content (AvgIpc) is 1.59. The Labute approximate surface area is 50.5 Å². The number of Topliss-reactive ketones (excluding diaryl/α,β-unsaturated/α-hetero) is 1. The zero-order chi connectivity index (χ0) is 7.49. The molecular formula is C5H4F2O2. The highest BCUT2D eigenvalue weighted by Crippen LogP contribution is 2.03. The fraction of sp³-hybridized carbons (Fsp3) is 0.400. The Balaban J connectivity index is 4.04. The van der Waals surface area contributed by atoms with Crippen LogP contribution in [0.4, 0.5) is 8.78 Å². The Morgan fingerprint density at radius 1 is 1.67 bits per heavy atom. The number of alkyl halides is 2. The fourth-order valence-electron chi connectivity index (χ4n) is 0.163. The number of carbonyl (C=O) groups excluding carboxylic acids is 1. The molecule has 0 fully saturated rings. The first-order chi connectivity index (χ1) is 3.92. The predicted octanol–water partition coefficient (Wildman–Crippen LogP) is 0.164. The van der Waals surface area contributed by atoms with Crippen molar-refractivity contribution in [1.82, 2.24) is 0 Å². The van der Waals surface area contributed by atoms with Gasteiger partial charge in [0.25, 0.3) is 0 Å². The molecule has 0 heterocycles. The van der Waals surface area contributed by atoms with Crippen molar-refractivity contribution in [2.45, 2.75) is 13.0 Å². The summed E-state index contributed by atoms with van der Waals surface area (Å²) in [5.74, 6) is 1.84. The van der Waals surface area contributed by atoms with Crippen molar-refractivity contribution in [3.63, 3.8) is 0 Å². The van der Waals surface area contributed by atoms with Crippen molar-refractivity contribution in [2.24, 2.45) is 0 Å². The molecule has 9 heavy (non-hydrogen) atoms.